The molecule has 2 N–H and O–H groups in total. The molecule has 0 radical (unpaired) electrons. The first-order chi connectivity index (χ1) is 15.8. The molecule has 2 aromatic heterocycles. The number of nitrogens with zero attached hydrogens (tertiary/aromatic N) is 3. The molecule has 2 aliphatic heterocycles. The van der Waals surface area contributed by atoms with E-state index >= 15 is 0 Å². The number of aromatic nitrogens is 2. The number of fused-ring (bicyclic) bond motifs is 2. The molecule has 1 aromatic carbocycles. The standard InChI is InChI=1S/C24H23N3O5S/c1-13-16(22(24(30)31)27-21(13)20(14(2)28)23(27)29)12-32-15-6-7-17-18(10-15)33-19(25-17)11-26-8-4-3-5-9-26/h3-10,13-14,20-21,28H,11-12H2,1-2H3/p+1/t13-,14+,20+,21+/m0/s1. The number of hydrogen-bond donors (Lipinski definition) is 2. The number of thiazole rings is 1. The largest absolute Gasteiger partial charge is 0.489 e. The van der Waals surface area contributed by atoms with Crippen LogP contribution in [0.2, 0.25) is 0 Å². The maximum atomic E-state index is 12.5. The number of amides is 1. The predicted octanol–water partition coefficient (Wildman–Crippen LogP) is 2.21. The topological polar surface area (TPSA) is 104 Å². The van der Waals surface area contributed by atoms with Gasteiger partial charge in [-0.05, 0) is 25.1 Å². The number of aliphatic hydroxyl groups excluding tert-OH is 1. The van der Waals surface area contributed by atoms with Crippen molar-refractivity contribution >= 4 is 33.4 Å². The Bertz CT molecular complexity index is 1270. The summed E-state index contributed by atoms with van der Waals surface area (Å²) in [6.07, 6.45) is 3.16. The average molecular weight is 467 g/mol. The van der Waals surface area contributed by atoms with Gasteiger partial charge in [0.2, 0.25) is 5.91 Å². The van der Waals surface area contributed by atoms with Crippen molar-refractivity contribution in [1.82, 2.24) is 9.88 Å². The lowest BCUT2D eigenvalue weighted by molar-refractivity contribution is -0.688. The van der Waals surface area contributed by atoms with Gasteiger partial charge in [0, 0.05) is 23.6 Å². The third kappa shape index (κ3) is 3.67. The molecule has 2 aliphatic rings. The van der Waals surface area contributed by atoms with Crippen LogP contribution in [0.3, 0.4) is 0 Å². The van der Waals surface area contributed by atoms with Crippen molar-refractivity contribution in [2.45, 2.75) is 32.5 Å². The zero-order valence-electron chi connectivity index (χ0n) is 18.2. The van der Waals surface area contributed by atoms with Crippen LogP contribution in [0.4, 0.5) is 0 Å². The molecule has 4 heterocycles. The molecule has 5 rings (SSSR count). The minimum atomic E-state index is -1.15. The molecule has 0 aliphatic carbocycles. The first kappa shape index (κ1) is 21.5. The Kier molecular flexibility index (Phi) is 5.38. The number of pyridine rings is 1. The molecular formula is C24H24N3O5S+. The molecule has 0 bridgehead atoms. The summed E-state index contributed by atoms with van der Waals surface area (Å²) in [4.78, 5) is 30.4. The normalized spacial score (nSPS) is 22.9. The second-order valence-electron chi connectivity index (χ2n) is 8.51. The Labute approximate surface area is 194 Å². The summed E-state index contributed by atoms with van der Waals surface area (Å²) < 4.78 is 9.03. The molecule has 1 amide bonds. The Hall–Kier alpha value is -3.30. The van der Waals surface area contributed by atoms with Crippen LogP contribution in [0, 0.1) is 11.8 Å². The van der Waals surface area contributed by atoms with E-state index in [-0.39, 0.29) is 30.2 Å². The number of ether oxygens (including phenoxy) is 1. The van der Waals surface area contributed by atoms with E-state index in [9.17, 15) is 19.8 Å². The third-order valence-corrected chi connectivity index (χ3v) is 7.41. The number of carbonyl (C=O) groups excluding carboxylic acids is 1. The lowest BCUT2D eigenvalue weighted by atomic mass is 9.78. The molecule has 8 nitrogen and oxygen atoms in total. The number of carboxylic acids is 1. The first-order valence-electron chi connectivity index (χ1n) is 10.8. The van der Waals surface area contributed by atoms with Crippen molar-refractivity contribution in [3.63, 3.8) is 0 Å². The number of benzene rings is 1. The van der Waals surface area contributed by atoms with Crippen molar-refractivity contribution < 1.29 is 29.1 Å². The summed E-state index contributed by atoms with van der Waals surface area (Å²) in [5.41, 5.74) is 1.43. The summed E-state index contributed by atoms with van der Waals surface area (Å²) >= 11 is 1.59. The van der Waals surface area contributed by atoms with Crippen molar-refractivity contribution in [1.29, 1.82) is 0 Å². The monoisotopic (exact) mass is 466 g/mol. The molecule has 0 unspecified atom stereocenters. The molecule has 170 valence electrons. The van der Waals surface area contributed by atoms with Crippen LogP contribution in [0.25, 0.3) is 10.2 Å². The van der Waals surface area contributed by atoms with Gasteiger partial charge in [-0.1, -0.05) is 13.0 Å². The molecule has 33 heavy (non-hydrogen) atoms. The summed E-state index contributed by atoms with van der Waals surface area (Å²) in [6, 6.07) is 11.2. The molecule has 1 saturated heterocycles. The van der Waals surface area contributed by atoms with Crippen LogP contribution in [0.5, 0.6) is 5.75 Å². The fraction of sp³-hybridized carbons (Fsp3) is 0.333. The Morgan fingerprint density at radius 3 is 2.76 bits per heavy atom. The third-order valence-electron chi connectivity index (χ3n) is 6.41. The number of carbonyl (C=O) groups is 2. The van der Waals surface area contributed by atoms with Crippen LogP contribution in [-0.4, -0.2) is 50.7 Å². The smallest absolute Gasteiger partial charge is 0.352 e. The maximum absolute atomic E-state index is 12.5. The van der Waals surface area contributed by atoms with Gasteiger partial charge < -0.3 is 19.8 Å². The van der Waals surface area contributed by atoms with Gasteiger partial charge in [-0.15, -0.1) is 11.3 Å². The zero-order chi connectivity index (χ0) is 23.3. The van der Waals surface area contributed by atoms with Gasteiger partial charge in [0.15, 0.2) is 23.9 Å². The summed E-state index contributed by atoms with van der Waals surface area (Å²) in [5, 5.41) is 20.7. The fourth-order valence-corrected chi connectivity index (χ4v) is 5.81. The molecule has 0 saturated carbocycles. The quantitative estimate of drug-likeness (QED) is 0.409. The van der Waals surface area contributed by atoms with E-state index in [0.717, 1.165) is 15.2 Å². The summed E-state index contributed by atoms with van der Waals surface area (Å²) in [7, 11) is 0. The van der Waals surface area contributed by atoms with Crippen molar-refractivity contribution in [3.05, 3.63) is 65.1 Å². The summed E-state index contributed by atoms with van der Waals surface area (Å²) in [6.45, 7) is 4.19. The Balaban J connectivity index is 1.35. The van der Waals surface area contributed by atoms with Gasteiger partial charge in [0.25, 0.3) is 0 Å². The number of hydrogen-bond acceptors (Lipinski definition) is 6. The SMILES string of the molecule is C[C@@H](O)[C@H]1C(=O)N2C(C(=O)O)=C(COc3ccc4nc(C[n+]5ccccc5)sc4c3)[C@H](C)[C@H]12. The number of rotatable bonds is 7. The highest BCUT2D eigenvalue weighted by molar-refractivity contribution is 7.18. The van der Waals surface area contributed by atoms with E-state index in [1.807, 2.05) is 55.7 Å². The second kappa shape index (κ2) is 8.24. The van der Waals surface area contributed by atoms with Crippen LogP contribution >= 0.6 is 11.3 Å². The highest BCUT2D eigenvalue weighted by Gasteiger charge is 2.59. The minimum absolute atomic E-state index is 0.0181. The molecule has 3 aromatic rings. The van der Waals surface area contributed by atoms with Crippen molar-refractivity contribution in [2.24, 2.45) is 11.8 Å². The maximum Gasteiger partial charge on any atom is 0.352 e. The number of aliphatic carboxylic acids is 1. The summed E-state index contributed by atoms with van der Waals surface area (Å²) in [5.74, 6) is -1.68. The van der Waals surface area contributed by atoms with Crippen molar-refractivity contribution in [2.75, 3.05) is 6.61 Å². The van der Waals surface area contributed by atoms with Gasteiger partial charge in [-0.2, -0.15) is 4.57 Å². The number of carboxylic acid groups (broad SMARTS) is 1. The van der Waals surface area contributed by atoms with Gasteiger partial charge in [0.05, 0.1) is 28.3 Å². The Morgan fingerprint density at radius 2 is 2.06 bits per heavy atom. The van der Waals surface area contributed by atoms with Crippen LogP contribution in [-0.2, 0) is 16.1 Å². The van der Waals surface area contributed by atoms with E-state index in [1.54, 1.807) is 18.3 Å². The van der Waals surface area contributed by atoms with Gasteiger partial charge in [0.1, 0.15) is 18.1 Å². The number of aliphatic hydroxyl groups is 1. The fourth-order valence-electron chi connectivity index (χ4n) is 4.80. The van der Waals surface area contributed by atoms with E-state index in [0.29, 0.717) is 17.9 Å². The molecule has 9 heteroatoms. The van der Waals surface area contributed by atoms with Gasteiger partial charge in [-0.25, -0.2) is 9.78 Å². The van der Waals surface area contributed by atoms with E-state index in [1.165, 1.54) is 4.90 Å². The lowest BCUT2D eigenvalue weighted by Crippen LogP contribution is -2.63. The van der Waals surface area contributed by atoms with Gasteiger partial charge >= 0.3 is 5.97 Å². The molecular weight excluding hydrogens is 442 g/mol. The van der Waals surface area contributed by atoms with Crippen LogP contribution in [0.1, 0.15) is 18.9 Å². The molecule has 0 spiro atoms. The highest BCUT2D eigenvalue weighted by atomic mass is 32.1. The van der Waals surface area contributed by atoms with E-state index in [4.69, 9.17) is 4.74 Å². The predicted molar refractivity (Wildman–Crippen MR) is 120 cm³/mol. The Morgan fingerprint density at radius 1 is 1.30 bits per heavy atom. The van der Waals surface area contributed by atoms with Crippen LogP contribution < -0.4 is 9.30 Å². The van der Waals surface area contributed by atoms with E-state index in [2.05, 4.69) is 9.55 Å². The minimum Gasteiger partial charge on any atom is -0.489 e. The number of β-lactam (4-membered cyclic amide) rings is 1. The average Bonchev–Trinajstić information content (AvgIpc) is 3.28. The van der Waals surface area contributed by atoms with Gasteiger partial charge in [-0.3, -0.25) is 4.79 Å². The first-order valence-corrected chi connectivity index (χ1v) is 11.6. The molecule has 4 atom stereocenters. The highest BCUT2D eigenvalue weighted by Crippen LogP contribution is 2.47. The van der Waals surface area contributed by atoms with Crippen LogP contribution in [0.15, 0.2) is 60.1 Å². The lowest BCUT2D eigenvalue weighted by Gasteiger charge is -2.46. The molecule has 1 fully saturated rings. The van der Waals surface area contributed by atoms with E-state index < -0.39 is 18.0 Å². The van der Waals surface area contributed by atoms with Crippen molar-refractivity contribution in [3.8, 4) is 5.75 Å². The zero-order valence-corrected chi connectivity index (χ0v) is 19.0. The second-order valence-corrected chi connectivity index (χ2v) is 9.62.